The Labute approximate surface area is 185 Å². The van der Waals surface area contributed by atoms with Crippen LogP contribution in [0.2, 0.25) is 0 Å². The Bertz CT molecular complexity index is 957. The minimum atomic E-state index is -4.35. The van der Waals surface area contributed by atoms with Gasteiger partial charge in [0, 0.05) is 37.0 Å². The molecule has 3 rings (SSSR count). The Kier molecular flexibility index (Phi) is 8.13. The van der Waals surface area contributed by atoms with E-state index in [1.807, 2.05) is 37.5 Å². The van der Waals surface area contributed by atoms with Gasteiger partial charge in [-0.15, -0.1) is 0 Å². The molecule has 0 fully saturated rings. The maximum atomic E-state index is 12.6. The fourth-order valence-corrected chi connectivity index (χ4v) is 3.13. The number of aromatic nitrogens is 2. The molecule has 9 heteroatoms. The topological polar surface area (TPSA) is 62.4 Å². The van der Waals surface area contributed by atoms with Crippen LogP contribution in [0.1, 0.15) is 11.1 Å². The number of ether oxygens (including phenoxy) is 2. The molecule has 6 nitrogen and oxygen atoms in total. The Hall–Kier alpha value is -3.04. The Balaban J connectivity index is 1.48. The molecule has 2 N–H and O–H groups in total. The molecule has 0 saturated heterocycles. The van der Waals surface area contributed by atoms with Gasteiger partial charge in [0.15, 0.2) is 0 Å². The number of hydrogen-bond acceptors (Lipinski definition) is 5. The van der Waals surface area contributed by atoms with Crippen LogP contribution in [0.5, 0.6) is 11.5 Å². The van der Waals surface area contributed by atoms with E-state index in [2.05, 4.69) is 27.5 Å². The normalized spacial score (nSPS) is 11.7. The van der Waals surface area contributed by atoms with Crippen LogP contribution in [0.25, 0.3) is 11.3 Å². The second kappa shape index (κ2) is 11.0. The van der Waals surface area contributed by atoms with Gasteiger partial charge in [0.1, 0.15) is 24.7 Å². The molecule has 3 aromatic rings. The van der Waals surface area contributed by atoms with Gasteiger partial charge in [-0.3, -0.25) is 5.10 Å². The van der Waals surface area contributed by atoms with Gasteiger partial charge in [0.25, 0.3) is 0 Å². The molecule has 172 valence electrons. The molecule has 0 amide bonds. The number of nitrogens with zero attached hydrogens (tertiary/aromatic N) is 2. The third-order valence-corrected chi connectivity index (χ3v) is 4.83. The Morgan fingerprint density at radius 1 is 0.969 bits per heavy atom. The number of rotatable bonds is 11. The maximum absolute atomic E-state index is 12.6. The first-order valence-corrected chi connectivity index (χ1v) is 10.3. The lowest BCUT2D eigenvalue weighted by atomic mass is 10.1. The summed E-state index contributed by atoms with van der Waals surface area (Å²) in [5.74, 6) is 1.04. The molecule has 0 radical (unpaired) electrons. The van der Waals surface area contributed by atoms with E-state index < -0.39 is 11.7 Å². The lowest BCUT2D eigenvalue weighted by Gasteiger charge is -2.16. The van der Waals surface area contributed by atoms with Gasteiger partial charge in [-0.05, 0) is 62.6 Å². The fraction of sp³-hybridized carbons (Fsp3) is 0.348. The van der Waals surface area contributed by atoms with E-state index in [1.165, 1.54) is 12.1 Å². The molecular formula is C23H27F3N4O2. The first-order valence-electron chi connectivity index (χ1n) is 10.3. The van der Waals surface area contributed by atoms with Crippen LogP contribution in [-0.4, -0.2) is 55.5 Å². The van der Waals surface area contributed by atoms with Crippen molar-refractivity contribution in [2.45, 2.75) is 12.7 Å². The maximum Gasteiger partial charge on any atom is 0.416 e. The smallest absolute Gasteiger partial charge is 0.416 e. The number of alkyl halides is 3. The number of halogens is 3. The van der Waals surface area contributed by atoms with Crippen LogP contribution in [0.3, 0.4) is 0 Å². The third kappa shape index (κ3) is 6.73. The fourth-order valence-electron chi connectivity index (χ4n) is 3.13. The molecule has 0 aliphatic heterocycles. The predicted octanol–water partition coefficient (Wildman–Crippen LogP) is 4.20. The summed E-state index contributed by atoms with van der Waals surface area (Å²) in [4.78, 5) is 2.22. The SMILES string of the molecule is CNCCN(C)Cc1c[nH]nc1-c1ccc(OCCOc2ccc(C(F)(F)F)cc2)cc1. The molecule has 0 spiro atoms. The van der Waals surface area contributed by atoms with E-state index in [-0.39, 0.29) is 13.2 Å². The van der Waals surface area contributed by atoms with Crippen molar-refractivity contribution in [3.63, 3.8) is 0 Å². The molecule has 32 heavy (non-hydrogen) atoms. The van der Waals surface area contributed by atoms with Crippen molar-refractivity contribution in [2.75, 3.05) is 40.4 Å². The molecule has 1 heterocycles. The molecule has 1 aromatic heterocycles. The lowest BCUT2D eigenvalue weighted by Crippen LogP contribution is -2.26. The van der Waals surface area contributed by atoms with Gasteiger partial charge in [-0.1, -0.05) is 0 Å². The van der Waals surface area contributed by atoms with Gasteiger partial charge in [0.05, 0.1) is 11.3 Å². The number of benzene rings is 2. The van der Waals surface area contributed by atoms with Gasteiger partial charge >= 0.3 is 6.18 Å². The van der Waals surface area contributed by atoms with Crippen LogP contribution in [-0.2, 0) is 12.7 Å². The zero-order valence-electron chi connectivity index (χ0n) is 18.1. The van der Waals surface area contributed by atoms with Crippen molar-refractivity contribution in [2.24, 2.45) is 0 Å². The van der Waals surface area contributed by atoms with Crippen LogP contribution < -0.4 is 14.8 Å². The van der Waals surface area contributed by atoms with Crippen molar-refractivity contribution >= 4 is 0 Å². The van der Waals surface area contributed by atoms with Crippen LogP contribution in [0, 0.1) is 0 Å². The average molecular weight is 448 g/mol. The summed E-state index contributed by atoms with van der Waals surface area (Å²) < 4.78 is 48.9. The minimum Gasteiger partial charge on any atom is -0.490 e. The van der Waals surface area contributed by atoms with Crippen LogP contribution in [0.4, 0.5) is 13.2 Å². The molecule has 0 aliphatic carbocycles. The predicted molar refractivity (Wildman–Crippen MR) is 117 cm³/mol. The van der Waals surface area contributed by atoms with E-state index in [9.17, 15) is 13.2 Å². The highest BCUT2D eigenvalue weighted by Crippen LogP contribution is 2.30. The van der Waals surface area contributed by atoms with E-state index in [0.29, 0.717) is 11.5 Å². The Morgan fingerprint density at radius 2 is 1.56 bits per heavy atom. The van der Waals surface area contributed by atoms with E-state index in [0.717, 1.165) is 48.6 Å². The number of hydrogen-bond donors (Lipinski definition) is 2. The highest BCUT2D eigenvalue weighted by Gasteiger charge is 2.30. The quantitative estimate of drug-likeness (QED) is 0.431. The monoisotopic (exact) mass is 448 g/mol. The number of likely N-dealkylation sites (N-methyl/N-ethyl adjacent to an activating group) is 2. The highest BCUT2D eigenvalue weighted by molar-refractivity contribution is 5.63. The summed E-state index contributed by atoms with van der Waals surface area (Å²) in [6, 6.07) is 12.2. The summed E-state index contributed by atoms with van der Waals surface area (Å²) in [6.07, 6.45) is -2.44. The average Bonchev–Trinajstić information content (AvgIpc) is 3.23. The van der Waals surface area contributed by atoms with Crippen molar-refractivity contribution in [3.8, 4) is 22.8 Å². The van der Waals surface area contributed by atoms with Gasteiger partial charge < -0.3 is 19.7 Å². The van der Waals surface area contributed by atoms with Crippen molar-refractivity contribution in [1.29, 1.82) is 0 Å². The first-order chi connectivity index (χ1) is 15.4. The van der Waals surface area contributed by atoms with E-state index in [1.54, 1.807) is 0 Å². The van der Waals surface area contributed by atoms with E-state index >= 15 is 0 Å². The standard InChI is InChI=1S/C23H27F3N4O2/c1-27-11-12-30(2)16-18-15-28-29-22(18)17-3-7-20(8-4-17)31-13-14-32-21-9-5-19(6-10-21)23(24,25)26/h3-10,15,27H,11-14,16H2,1-2H3,(H,28,29). The first kappa shape index (κ1) is 23.6. The summed E-state index contributed by atoms with van der Waals surface area (Å²) in [7, 11) is 4.00. The number of nitrogens with one attached hydrogen (secondary N) is 2. The molecule has 0 unspecified atom stereocenters. The number of aromatic amines is 1. The van der Waals surface area contributed by atoms with Crippen molar-refractivity contribution < 1.29 is 22.6 Å². The van der Waals surface area contributed by atoms with Gasteiger partial charge in [-0.2, -0.15) is 18.3 Å². The molecule has 0 saturated carbocycles. The summed E-state index contributed by atoms with van der Waals surface area (Å²) >= 11 is 0. The molecule has 2 aromatic carbocycles. The van der Waals surface area contributed by atoms with Gasteiger partial charge in [0.2, 0.25) is 0 Å². The van der Waals surface area contributed by atoms with Crippen molar-refractivity contribution in [1.82, 2.24) is 20.4 Å². The van der Waals surface area contributed by atoms with Crippen molar-refractivity contribution in [3.05, 3.63) is 65.9 Å². The second-order valence-corrected chi connectivity index (χ2v) is 7.34. The highest BCUT2D eigenvalue weighted by atomic mass is 19.4. The molecular weight excluding hydrogens is 421 g/mol. The minimum absolute atomic E-state index is 0.218. The zero-order valence-corrected chi connectivity index (χ0v) is 18.1. The largest absolute Gasteiger partial charge is 0.490 e. The van der Waals surface area contributed by atoms with Gasteiger partial charge in [-0.25, -0.2) is 0 Å². The van der Waals surface area contributed by atoms with E-state index in [4.69, 9.17) is 9.47 Å². The number of H-pyrrole nitrogens is 1. The summed E-state index contributed by atoms with van der Waals surface area (Å²) in [6.45, 7) is 3.12. The lowest BCUT2D eigenvalue weighted by molar-refractivity contribution is -0.137. The Morgan fingerprint density at radius 3 is 2.12 bits per heavy atom. The summed E-state index contributed by atoms with van der Waals surface area (Å²) in [5.41, 5.74) is 2.29. The van der Waals surface area contributed by atoms with Crippen LogP contribution in [0.15, 0.2) is 54.7 Å². The molecule has 0 atom stereocenters. The third-order valence-electron chi connectivity index (χ3n) is 4.83. The second-order valence-electron chi connectivity index (χ2n) is 7.34. The molecule has 0 aliphatic rings. The zero-order chi connectivity index (χ0) is 23.0. The van der Waals surface area contributed by atoms with Crippen LogP contribution >= 0.6 is 0 Å². The molecule has 0 bridgehead atoms. The summed E-state index contributed by atoms with van der Waals surface area (Å²) in [5, 5.41) is 10.5.